The average molecular weight is 401 g/mol. The molecule has 5 heteroatoms. The zero-order valence-electron chi connectivity index (χ0n) is 17.1. The second-order valence-corrected chi connectivity index (χ2v) is 6.98. The minimum Gasteiger partial charge on any atom is -0.462 e. The van der Waals surface area contributed by atoms with Crippen molar-refractivity contribution in [2.24, 2.45) is 0 Å². The fraction of sp³-hybridized carbons (Fsp3) is 0.200. The fourth-order valence-electron chi connectivity index (χ4n) is 3.72. The standard InChI is InChI=1S/C25H23NO4/c1-3-29-24(27)18-11-13-22-21(14-18)20-12-10-19(25(28)30-4-2)15-23(20)26(22)16-17-8-6-5-7-9-17/h5-15H,3-4,16H2,1-2H3. The Labute approximate surface area is 174 Å². The van der Waals surface area contributed by atoms with Crippen molar-refractivity contribution in [3.63, 3.8) is 0 Å². The Morgan fingerprint density at radius 1 is 0.733 bits per heavy atom. The Hall–Kier alpha value is -3.60. The number of fused-ring (bicyclic) bond motifs is 3. The van der Waals surface area contributed by atoms with Crippen LogP contribution >= 0.6 is 0 Å². The molecular weight excluding hydrogens is 378 g/mol. The molecule has 4 rings (SSSR count). The van der Waals surface area contributed by atoms with Crippen LogP contribution in [0.1, 0.15) is 40.1 Å². The number of rotatable bonds is 6. The molecule has 0 N–H and O–H groups in total. The van der Waals surface area contributed by atoms with E-state index in [1.807, 2.05) is 42.5 Å². The summed E-state index contributed by atoms with van der Waals surface area (Å²) in [6.07, 6.45) is 0. The van der Waals surface area contributed by atoms with E-state index < -0.39 is 0 Å². The van der Waals surface area contributed by atoms with Gasteiger partial charge in [0.05, 0.1) is 29.9 Å². The number of carbonyl (C=O) groups is 2. The number of hydrogen-bond donors (Lipinski definition) is 0. The van der Waals surface area contributed by atoms with Crippen LogP contribution in [0.2, 0.25) is 0 Å². The first-order chi connectivity index (χ1) is 14.6. The number of aromatic nitrogens is 1. The number of nitrogens with zero attached hydrogens (tertiary/aromatic N) is 1. The molecule has 0 fully saturated rings. The van der Waals surface area contributed by atoms with Crippen LogP contribution in [0.25, 0.3) is 21.8 Å². The van der Waals surface area contributed by atoms with Gasteiger partial charge < -0.3 is 14.0 Å². The topological polar surface area (TPSA) is 57.5 Å². The van der Waals surface area contributed by atoms with E-state index in [9.17, 15) is 9.59 Å². The van der Waals surface area contributed by atoms with Gasteiger partial charge in [-0.25, -0.2) is 9.59 Å². The highest BCUT2D eigenvalue weighted by atomic mass is 16.5. The molecule has 4 aromatic rings. The number of esters is 2. The van der Waals surface area contributed by atoms with Crippen molar-refractivity contribution in [2.75, 3.05) is 13.2 Å². The summed E-state index contributed by atoms with van der Waals surface area (Å²) in [4.78, 5) is 24.5. The van der Waals surface area contributed by atoms with E-state index in [0.29, 0.717) is 30.9 Å². The van der Waals surface area contributed by atoms with Gasteiger partial charge in [-0.05, 0) is 49.7 Å². The van der Waals surface area contributed by atoms with Gasteiger partial charge in [0.15, 0.2) is 0 Å². The van der Waals surface area contributed by atoms with Gasteiger partial charge in [0, 0.05) is 22.8 Å². The molecule has 5 nitrogen and oxygen atoms in total. The number of carbonyl (C=O) groups excluding carboxylic acids is 2. The summed E-state index contributed by atoms with van der Waals surface area (Å²) in [6.45, 7) is 4.88. The van der Waals surface area contributed by atoms with Gasteiger partial charge in [0.2, 0.25) is 0 Å². The van der Waals surface area contributed by atoms with Crippen LogP contribution in [0.4, 0.5) is 0 Å². The lowest BCUT2D eigenvalue weighted by Crippen LogP contribution is -2.05. The number of hydrogen-bond acceptors (Lipinski definition) is 4. The molecule has 0 atom stereocenters. The van der Waals surface area contributed by atoms with Crippen molar-refractivity contribution in [2.45, 2.75) is 20.4 Å². The lowest BCUT2D eigenvalue weighted by atomic mass is 10.1. The third-order valence-corrected chi connectivity index (χ3v) is 5.07. The third kappa shape index (κ3) is 3.66. The highest BCUT2D eigenvalue weighted by Gasteiger charge is 2.17. The maximum atomic E-state index is 12.3. The van der Waals surface area contributed by atoms with E-state index in [1.54, 1.807) is 26.0 Å². The Morgan fingerprint density at radius 3 is 2.03 bits per heavy atom. The van der Waals surface area contributed by atoms with E-state index in [-0.39, 0.29) is 11.9 Å². The van der Waals surface area contributed by atoms with Crippen molar-refractivity contribution < 1.29 is 19.1 Å². The molecule has 0 saturated heterocycles. The molecule has 0 aliphatic heterocycles. The average Bonchev–Trinajstić information content (AvgIpc) is 3.07. The molecule has 1 aromatic heterocycles. The van der Waals surface area contributed by atoms with Gasteiger partial charge in [0.25, 0.3) is 0 Å². The van der Waals surface area contributed by atoms with E-state index in [0.717, 1.165) is 27.4 Å². The maximum absolute atomic E-state index is 12.3. The molecule has 0 radical (unpaired) electrons. The summed E-state index contributed by atoms with van der Waals surface area (Å²) in [5.74, 6) is -0.686. The number of ether oxygens (including phenoxy) is 2. The Morgan fingerprint density at radius 2 is 1.37 bits per heavy atom. The molecule has 0 spiro atoms. The monoisotopic (exact) mass is 401 g/mol. The van der Waals surface area contributed by atoms with E-state index >= 15 is 0 Å². The predicted molar refractivity (Wildman–Crippen MR) is 117 cm³/mol. The van der Waals surface area contributed by atoms with Gasteiger partial charge in [-0.15, -0.1) is 0 Å². The lowest BCUT2D eigenvalue weighted by molar-refractivity contribution is 0.0517. The summed E-state index contributed by atoms with van der Waals surface area (Å²) < 4.78 is 12.5. The predicted octanol–water partition coefficient (Wildman–Crippen LogP) is 5.20. The quantitative estimate of drug-likeness (QED) is 0.417. The van der Waals surface area contributed by atoms with Crippen molar-refractivity contribution in [1.82, 2.24) is 4.57 Å². The summed E-state index contributed by atoms with van der Waals surface area (Å²) in [6, 6.07) is 21.3. The molecule has 0 saturated carbocycles. The fourth-order valence-corrected chi connectivity index (χ4v) is 3.72. The van der Waals surface area contributed by atoms with Crippen molar-refractivity contribution >= 4 is 33.7 Å². The molecule has 152 valence electrons. The second kappa shape index (κ2) is 8.41. The normalized spacial score (nSPS) is 11.0. The summed E-state index contributed by atoms with van der Waals surface area (Å²) in [7, 11) is 0. The lowest BCUT2D eigenvalue weighted by Gasteiger charge is -2.09. The molecule has 0 aliphatic carbocycles. The zero-order chi connectivity index (χ0) is 21.1. The first-order valence-corrected chi connectivity index (χ1v) is 10.1. The van der Waals surface area contributed by atoms with Crippen LogP contribution < -0.4 is 0 Å². The molecule has 1 heterocycles. The van der Waals surface area contributed by atoms with Crippen molar-refractivity contribution in [1.29, 1.82) is 0 Å². The van der Waals surface area contributed by atoms with Crippen LogP contribution in [0.15, 0.2) is 66.7 Å². The van der Waals surface area contributed by atoms with E-state index in [4.69, 9.17) is 9.47 Å². The van der Waals surface area contributed by atoms with Gasteiger partial charge in [-0.2, -0.15) is 0 Å². The Kier molecular flexibility index (Phi) is 5.53. The highest BCUT2D eigenvalue weighted by molar-refractivity contribution is 6.11. The molecule has 0 unspecified atom stereocenters. The highest BCUT2D eigenvalue weighted by Crippen LogP contribution is 2.32. The molecule has 0 bridgehead atoms. The van der Waals surface area contributed by atoms with Crippen molar-refractivity contribution in [3.05, 3.63) is 83.4 Å². The number of benzene rings is 3. The minimum atomic E-state index is -0.344. The smallest absolute Gasteiger partial charge is 0.338 e. The molecular formula is C25H23NO4. The van der Waals surface area contributed by atoms with Crippen molar-refractivity contribution in [3.8, 4) is 0 Å². The van der Waals surface area contributed by atoms with Crippen LogP contribution in [-0.2, 0) is 16.0 Å². The van der Waals surface area contributed by atoms with Gasteiger partial charge >= 0.3 is 11.9 Å². The Balaban J connectivity index is 1.92. The van der Waals surface area contributed by atoms with Gasteiger partial charge in [-0.3, -0.25) is 0 Å². The van der Waals surface area contributed by atoms with Gasteiger partial charge in [0.1, 0.15) is 0 Å². The maximum Gasteiger partial charge on any atom is 0.338 e. The first-order valence-electron chi connectivity index (χ1n) is 10.1. The molecule has 3 aromatic carbocycles. The summed E-state index contributed by atoms with van der Waals surface area (Å²) in [5.41, 5.74) is 4.07. The molecule has 0 amide bonds. The van der Waals surface area contributed by atoms with Crippen LogP contribution in [0, 0.1) is 0 Å². The van der Waals surface area contributed by atoms with Crippen LogP contribution in [-0.4, -0.2) is 29.7 Å². The summed E-state index contributed by atoms with van der Waals surface area (Å²) >= 11 is 0. The van der Waals surface area contributed by atoms with E-state index in [1.165, 1.54) is 0 Å². The first kappa shape index (κ1) is 19.7. The SMILES string of the molecule is CCOC(=O)c1ccc2c(c1)c1ccc(C(=O)OCC)cc1n2Cc1ccccc1. The largest absolute Gasteiger partial charge is 0.462 e. The minimum absolute atomic E-state index is 0.326. The summed E-state index contributed by atoms with van der Waals surface area (Å²) in [5, 5.41) is 1.92. The third-order valence-electron chi connectivity index (χ3n) is 5.07. The Bertz CT molecular complexity index is 1220. The van der Waals surface area contributed by atoms with Crippen LogP contribution in [0.3, 0.4) is 0 Å². The zero-order valence-corrected chi connectivity index (χ0v) is 17.1. The molecule has 0 aliphatic rings. The van der Waals surface area contributed by atoms with Gasteiger partial charge in [-0.1, -0.05) is 36.4 Å². The van der Waals surface area contributed by atoms with Crippen LogP contribution in [0.5, 0.6) is 0 Å². The second-order valence-electron chi connectivity index (χ2n) is 6.98. The molecule has 30 heavy (non-hydrogen) atoms. The van der Waals surface area contributed by atoms with E-state index in [2.05, 4.69) is 16.7 Å².